The summed E-state index contributed by atoms with van der Waals surface area (Å²) in [5.74, 6) is 1.30. The molecule has 7 nitrogen and oxygen atoms in total. The Bertz CT molecular complexity index is 1200. The number of hydrogen-bond acceptors (Lipinski definition) is 5. The zero-order valence-electron chi connectivity index (χ0n) is 21.1. The second-order valence-corrected chi connectivity index (χ2v) is 12.3. The van der Waals surface area contributed by atoms with Gasteiger partial charge in [-0.15, -0.1) is 0 Å². The van der Waals surface area contributed by atoms with Crippen molar-refractivity contribution in [1.82, 2.24) is 14.5 Å². The van der Waals surface area contributed by atoms with Crippen molar-refractivity contribution in [2.75, 3.05) is 11.4 Å². The number of carboxylic acid groups (broad SMARTS) is 1. The molecular weight excluding hydrogens is 452 g/mol. The molecule has 0 radical (unpaired) electrons. The molecule has 2 aromatic rings. The van der Waals surface area contributed by atoms with E-state index in [0.29, 0.717) is 30.9 Å². The van der Waals surface area contributed by atoms with E-state index in [0.717, 1.165) is 41.8 Å². The summed E-state index contributed by atoms with van der Waals surface area (Å²) in [6.07, 6.45) is 14.8. The molecule has 2 aliphatic carbocycles. The van der Waals surface area contributed by atoms with Crippen molar-refractivity contribution >= 4 is 22.8 Å². The number of anilines is 1. The highest BCUT2D eigenvalue weighted by molar-refractivity contribution is 5.81. The van der Waals surface area contributed by atoms with Crippen LogP contribution in [-0.2, 0) is 4.79 Å². The number of aliphatic carboxylic acids is 1. The first-order valence-electron chi connectivity index (χ1n) is 14.3. The SMILES string of the molecule is O=C(O)[C@@H]1CCN1c1nc2ccccc2n(C2C[C@H]3CCC[C@@H](C2)N3C2C[C@H]3CCC[C@@H](C2)C3)c1=O. The Morgan fingerprint density at radius 1 is 0.833 bits per heavy atom. The van der Waals surface area contributed by atoms with Crippen molar-refractivity contribution in [3.8, 4) is 0 Å². The van der Waals surface area contributed by atoms with E-state index in [1.807, 2.05) is 28.8 Å². The van der Waals surface area contributed by atoms with Crippen LogP contribution in [0, 0.1) is 11.8 Å². The van der Waals surface area contributed by atoms with Crippen LogP contribution in [0.2, 0.25) is 0 Å². The van der Waals surface area contributed by atoms with Crippen molar-refractivity contribution in [3.05, 3.63) is 34.6 Å². The molecule has 2 saturated carbocycles. The number of benzene rings is 1. The molecule has 0 spiro atoms. The Balaban J connectivity index is 1.23. The molecule has 4 heterocycles. The number of piperidine rings is 2. The maximum absolute atomic E-state index is 14.0. The Morgan fingerprint density at radius 3 is 2.19 bits per heavy atom. The lowest BCUT2D eigenvalue weighted by Crippen LogP contribution is -2.59. The molecule has 5 aliphatic rings. The molecule has 2 unspecified atom stereocenters. The fourth-order valence-electron chi connectivity index (χ4n) is 8.72. The van der Waals surface area contributed by atoms with E-state index in [4.69, 9.17) is 4.98 Å². The quantitative estimate of drug-likeness (QED) is 0.676. The lowest BCUT2D eigenvalue weighted by atomic mass is 9.68. The van der Waals surface area contributed by atoms with E-state index in [2.05, 4.69) is 4.90 Å². The molecule has 7 heteroatoms. The predicted molar refractivity (Wildman–Crippen MR) is 139 cm³/mol. The van der Waals surface area contributed by atoms with Crippen LogP contribution in [0.25, 0.3) is 11.0 Å². The number of aromatic nitrogens is 2. The van der Waals surface area contributed by atoms with Crippen LogP contribution in [-0.4, -0.2) is 56.2 Å². The fourth-order valence-corrected chi connectivity index (χ4v) is 8.72. The van der Waals surface area contributed by atoms with Gasteiger partial charge in [0.1, 0.15) is 6.04 Å². The highest BCUT2D eigenvalue weighted by atomic mass is 16.4. The van der Waals surface area contributed by atoms with Crippen LogP contribution >= 0.6 is 0 Å². The van der Waals surface area contributed by atoms with Crippen LogP contribution in [0.4, 0.5) is 5.82 Å². The Labute approximate surface area is 212 Å². The number of nitrogens with zero attached hydrogens (tertiary/aromatic N) is 4. The monoisotopic (exact) mass is 490 g/mol. The van der Waals surface area contributed by atoms with Crippen LogP contribution in [0.3, 0.4) is 0 Å². The number of carbonyl (C=O) groups is 1. The van der Waals surface area contributed by atoms with Gasteiger partial charge in [-0.05, 0) is 75.3 Å². The number of fused-ring (bicyclic) bond motifs is 5. The number of carboxylic acids is 1. The van der Waals surface area contributed by atoms with Crippen LogP contribution in [0.1, 0.15) is 83.1 Å². The smallest absolute Gasteiger partial charge is 0.326 e. The van der Waals surface area contributed by atoms with Crippen molar-refractivity contribution in [3.63, 3.8) is 0 Å². The first kappa shape index (κ1) is 22.8. The topological polar surface area (TPSA) is 78.7 Å². The largest absolute Gasteiger partial charge is 0.480 e. The van der Waals surface area contributed by atoms with E-state index in [-0.39, 0.29) is 11.6 Å². The minimum Gasteiger partial charge on any atom is -0.480 e. The third-order valence-electron chi connectivity index (χ3n) is 10.2. The van der Waals surface area contributed by atoms with Gasteiger partial charge in [0, 0.05) is 30.7 Å². The number of rotatable bonds is 4. The van der Waals surface area contributed by atoms with E-state index >= 15 is 0 Å². The second-order valence-electron chi connectivity index (χ2n) is 12.3. The maximum Gasteiger partial charge on any atom is 0.326 e. The third-order valence-corrected chi connectivity index (χ3v) is 10.2. The lowest BCUT2D eigenvalue weighted by molar-refractivity contribution is -0.140. The van der Waals surface area contributed by atoms with Gasteiger partial charge in [-0.3, -0.25) is 9.69 Å². The average molecular weight is 491 g/mol. The predicted octanol–water partition coefficient (Wildman–Crippen LogP) is 4.59. The molecule has 1 aromatic heterocycles. The van der Waals surface area contributed by atoms with Gasteiger partial charge in [0.05, 0.1) is 11.0 Å². The summed E-state index contributed by atoms with van der Waals surface area (Å²) in [7, 11) is 0. The summed E-state index contributed by atoms with van der Waals surface area (Å²) >= 11 is 0. The van der Waals surface area contributed by atoms with E-state index in [9.17, 15) is 14.7 Å². The van der Waals surface area contributed by atoms with E-state index < -0.39 is 12.0 Å². The van der Waals surface area contributed by atoms with Crippen LogP contribution in [0.15, 0.2) is 29.1 Å². The first-order valence-corrected chi connectivity index (χ1v) is 14.3. The summed E-state index contributed by atoms with van der Waals surface area (Å²) in [6.45, 7) is 0.575. The zero-order chi connectivity index (χ0) is 24.4. The van der Waals surface area contributed by atoms with Gasteiger partial charge >= 0.3 is 5.97 Å². The third kappa shape index (κ3) is 3.68. The standard InChI is InChI=1S/C29H38N4O3/c34-28-27(31-12-11-26(31)29(35)36)30-24-9-1-2-10-25(24)33(28)23-16-20-7-4-8-21(17-23)32(20)22-14-18-5-3-6-19(13-18)15-22/h1-2,9-10,18-23,26H,3-8,11-17H2,(H,35,36)/t18-,19+,20-,21+,22?,23?,26-/m0/s1. The summed E-state index contributed by atoms with van der Waals surface area (Å²) in [4.78, 5) is 35.0. The van der Waals surface area contributed by atoms with Gasteiger partial charge in [-0.25, -0.2) is 9.78 Å². The Hall–Kier alpha value is -2.41. The molecular formula is C29H38N4O3. The highest BCUT2D eigenvalue weighted by Crippen LogP contribution is 2.47. The molecule has 3 aliphatic heterocycles. The lowest BCUT2D eigenvalue weighted by Gasteiger charge is -2.55. The second kappa shape index (κ2) is 8.86. The molecule has 5 fully saturated rings. The summed E-state index contributed by atoms with van der Waals surface area (Å²) < 4.78 is 2.01. The van der Waals surface area contributed by atoms with Gasteiger partial charge in [0.2, 0.25) is 0 Å². The molecule has 3 saturated heterocycles. The normalized spacial score (nSPS) is 36.4. The molecule has 7 atom stereocenters. The molecule has 7 rings (SSSR count). The maximum atomic E-state index is 14.0. The van der Waals surface area contributed by atoms with Crippen molar-refractivity contribution in [1.29, 1.82) is 0 Å². The van der Waals surface area contributed by atoms with Gasteiger partial charge in [0.15, 0.2) is 5.82 Å². The minimum atomic E-state index is -0.873. The Morgan fingerprint density at radius 2 is 1.53 bits per heavy atom. The summed E-state index contributed by atoms with van der Waals surface area (Å²) in [6, 6.07) is 9.23. The zero-order valence-corrected chi connectivity index (χ0v) is 21.1. The number of hydrogen-bond donors (Lipinski definition) is 1. The molecule has 0 amide bonds. The summed E-state index contributed by atoms with van der Waals surface area (Å²) in [5.41, 5.74) is 1.57. The molecule has 36 heavy (non-hydrogen) atoms. The minimum absolute atomic E-state index is 0.108. The fraction of sp³-hybridized carbons (Fsp3) is 0.690. The van der Waals surface area contributed by atoms with Crippen LogP contribution < -0.4 is 10.5 Å². The van der Waals surface area contributed by atoms with Crippen LogP contribution in [0.5, 0.6) is 0 Å². The van der Waals surface area contributed by atoms with Crippen molar-refractivity contribution in [2.45, 2.75) is 107 Å². The van der Waals surface area contributed by atoms with Gasteiger partial charge < -0.3 is 14.6 Å². The molecule has 1 N–H and O–H groups in total. The Kier molecular flexibility index (Phi) is 5.60. The van der Waals surface area contributed by atoms with E-state index in [1.165, 1.54) is 57.8 Å². The van der Waals surface area contributed by atoms with Gasteiger partial charge in [0.25, 0.3) is 5.56 Å². The molecule has 4 bridgehead atoms. The first-order chi connectivity index (χ1) is 17.6. The summed E-state index contributed by atoms with van der Waals surface area (Å²) in [5, 5.41) is 9.62. The van der Waals surface area contributed by atoms with Crippen molar-refractivity contribution < 1.29 is 9.90 Å². The molecule has 192 valence electrons. The molecule has 1 aromatic carbocycles. The van der Waals surface area contributed by atoms with E-state index in [1.54, 1.807) is 4.90 Å². The number of para-hydroxylation sites is 2. The highest BCUT2D eigenvalue weighted by Gasteiger charge is 2.46. The van der Waals surface area contributed by atoms with Gasteiger partial charge in [-0.2, -0.15) is 0 Å². The average Bonchev–Trinajstić information content (AvgIpc) is 2.82. The van der Waals surface area contributed by atoms with Gasteiger partial charge in [-0.1, -0.05) is 37.8 Å². The van der Waals surface area contributed by atoms with Crippen molar-refractivity contribution in [2.24, 2.45) is 11.8 Å².